The van der Waals surface area contributed by atoms with E-state index in [0.29, 0.717) is 11.2 Å². The molecular weight excluding hydrogens is 624 g/mol. The van der Waals surface area contributed by atoms with Crippen molar-refractivity contribution in [1.29, 1.82) is 0 Å². The van der Waals surface area contributed by atoms with E-state index in [2.05, 4.69) is 40.7 Å². The Labute approximate surface area is 297 Å². The highest BCUT2D eigenvalue weighted by molar-refractivity contribution is 5.86. The van der Waals surface area contributed by atoms with E-state index in [-0.39, 0.29) is 46.0 Å². The SMILES string of the molecule is CC(C)CCC[C@H](C)[C@H]1CC[C@@H]2[C@H]3CC=C4C[C@H](OC(=O)COc5cc(O)c6c(=O)cc(-c7ccccc7)oc6c5)CC[C@]4(C)[C@@H]3CC[C@@]21C. The fourth-order valence-corrected chi connectivity index (χ4v) is 11.2. The van der Waals surface area contributed by atoms with Crippen molar-refractivity contribution in [2.24, 2.45) is 46.3 Å². The maximum Gasteiger partial charge on any atom is 0.344 e. The summed E-state index contributed by atoms with van der Waals surface area (Å²) in [6.45, 7) is 12.1. The molecule has 0 saturated heterocycles. The molecule has 6 heteroatoms. The quantitative estimate of drug-likeness (QED) is 0.169. The molecule has 0 spiro atoms. The van der Waals surface area contributed by atoms with Gasteiger partial charge in [0.1, 0.15) is 34.3 Å². The molecule has 3 fully saturated rings. The largest absolute Gasteiger partial charge is 0.507 e. The highest BCUT2D eigenvalue weighted by Crippen LogP contribution is 2.67. The smallest absolute Gasteiger partial charge is 0.344 e. The fraction of sp³-hybridized carbons (Fsp3) is 0.591. The number of benzene rings is 2. The van der Waals surface area contributed by atoms with Gasteiger partial charge in [0.05, 0.1) is 0 Å². The van der Waals surface area contributed by atoms with Crippen molar-refractivity contribution in [3.05, 3.63) is 70.4 Å². The summed E-state index contributed by atoms with van der Waals surface area (Å²) >= 11 is 0. The zero-order chi connectivity index (χ0) is 35.2. The molecule has 4 aliphatic rings. The van der Waals surface area contributed by atoms with E-state index in [1.54, 1.807) is 6.07 Å². The Balaban J connectivity index is 0.970. The van der Waals surface area contributed by atoms with Crippen molar-refractivity contribution in [3.63, 3.8) is 0 Å². The molecule has 2 aromatic carbocycles. The first-order valence-corrected chi connectivity index (χ1v) is 19.3. The van der Waals surface area contributed by atoms with Crippen LogP contribution in [0.15, 0.2) is 69.4 Å². The summed E-state index contributed by atoms with van der Waals surface area (Å²) in [5, 5.41) is 10.7. The topological polar surface area (TPSA) is 86.0 Å². The van der Waals surface area contributed by atoms with Crippen molar-refractivity contribution in [3.8, 4) is 22.8 Å². The van der Waals surface area contributed by atoms with Gasteiger partial charge in [-0.05, 0) is 91.3 Å². The molecular formula is C44H56O6. The van der Waals surface area contributed by atoms with Crippen LogP contribution in [0.3, 0.4) is 0 Å². The zero-order valence-corrected chi connectivity index (χ0v) is 30.7. The first-order chi connectivity index (χ1) is 24.0. The Kier molecular flexibility index (Phi) is 9.69. The highest BCUT2D eigenvalue weighted by Gasteiger charge is 2.59. The molecule has 0 unspecified atom stereocenters. The summed E-state index contributed by atoms with van der Waals surface area (Å²) in [7, 11) is 0. The molecule has 6 nitrogen and oxygen atoms in total. The van der Waals surface area contributed by atoms with Gasteiger partial charge in [0.15, 0.2) is 12.0 Å². The molecule has 3 saturated carbocycles. The number of hydrogen-bond acceptors (Lipinski definition) is 6. The number of allylic oxidation sites excluding steroid dienone is 1. The third kappa shape index (κ3) is 6.52. The first-order valence-electron chi connectivity index (χ1n) is 19.3. The minimum absolute atomic E-state index is 0.0786. The van der Waals surface area contributed by atoms with Crippen LogP contribution in [0.1, 0.15) is 105 Å². The van der Waals surface area contributed by atoms with Crippen molar-refractivity contribution >= 4 is 16.9 Å². The third-order valence-corrected chi connectivity index (χ3v) is 13.8. The Morgan fingerprint density at radius 2 is 1.78 bits per heavy atom. The minimum Gasteiger partial charge on any atom is -0.507 e. The van der Waals surface area contributed by atoms with E-state index in [1.807, 2.05) is 30.3 Å². The molecule has 0 bridgehead atoms. The second-order valence-electron chi connectivity index (χ2n) is 17.1. The number of carbonyl (C=O) groups excluding carboxylic acids is 1. The maximum absolute atomic E-state index is 13.0. The summed E-state index contributed by atoms with van der Waals surface area (Å²) in [4.78, 5) is 25.8. The molecule has 1 N–H and O–H groups in total. The molecule has 3 aromatic rings. The fourth-order valence-electron chi connectivity index (χ4n) is 11.2. The van der Waals surface area contributed by atoms with Gasteiger partial charge in [-0.3, -0.25) is 4.79 Å². The maximum atomic E-state index is 13.0. The van der Waals surface area contributed by atoms with Crippen LogP contribution in [-0.4, -0.2) is 23.8 Å². The molecule has 50 heavy (non-hydrogen) atoms. The van der Waals surface area contributed by atoms with Gasteiger partial charge in [0, 0.05) is 30.2 Å². The highest BCUT2D eigenvalue weighted by atomic mass is 16.6. The van der Waals surface area contributed by atoms with E-state index in [1.165, 1.54) is 69.1 Å². The molecule has 0 amide bonds. The van der Waals surface area contributed by atoms with Gasteiger partial charge in [-0.25, -0.2) is 4.79 Å². The average molecular weight is 681 g/mol. The number of carbonyl (C=O) groups is 1. The molecule has 4 aliphatic carbocycles. The predicted molar refractivity (Wildman–Crippen MR) is 198 cm³/mol. The lowest BCUT2D eigenvalue weighted by molar-refractivity contribution is -0.153. The molecule has 8 atom stereocenters. The second kappa shape index (κ2) is 13.9. The van der Waals surface area contributed by atoms with Crippen LogP contribution in [0.25, 0.3) is 22.3 Å². The number of hydrogen-bond donors (Lipinski definition) is 1. The van der Waals surface area contributed by atoms with E-state index < -0.39 is 5.97 Å². The Morgan fingerprint density at radius 3 is 2.56 bits per heavy atom. The van der Waals surface area contributed by atoms with Crippen molar-refractivity contribution in [2.45, 2.75) is 111 Å². The minimum atomic E-state index is -0.431. The number of ether oxygens (including phenoxy) is 2. The van der Waals surface area contributed by atoms with E-state index >= 15 is 0 Å². The monoisotopic (exact) mass is 680 g/mol. The van der Waals surface area contributed by atoms with Crippen LogP contribution in [0, 0.1) is 46.3 Å². The van der Waals surface area contributed by atoms with Gasteiger partial charge in [-0.1, -0.05) is 95.9 Å². The summed E-state index contributed by atoms with van der Waals surface area (Å²) in [5.41, 5.74) is 2.76. The number of rotatable bonds is 10. The lowest BCUT2D eigenvalue weighted by atomic mass is 9.47. The first kappa shape index (κ1) is 34.9. The second-order valence-corrected chi connectivity index (χ2v) is 17.1. The standard InChI is InChI=1S/C44H56O6/c1-27(2)10-9-11-28(3)34-16-17-35-33-15-14-30-22-31(18-20-43(30,4)36(33)19-21-44(34,35)5)49-41(47)26-48-32-23-37(45)42-38(46)25-39(50-40(42)24-32)29-12-7-6-8-13-29/h6-8,12-14,23-25,27-28,31,33-36,45H,9-11,15-22,26H2,1-5H3/t28-,31+,33+,34+,35+,36+,43-,44+/m0/s1. The van der Waals surface area contributed by atoms with Gasteiger partial charge in [-0.2, -0.15) is 0 Å². The van der Waals surface area contributed by atoms with E-state index in [4.69, 9.17) is 13.9 Å². The summed E-state index contributed by atoms with van der Waals surface area (Å²) in [5.74, 6) is 4.75. The average Bonchev–Trinajstić information content (AvgIpc) is 3.44. The van der Waals surface area contributed by atoms with Crippen molar-refractivity contribution in [2.75, 3.05) is 6.61 Å². The number of fused-ring (bicyclic) bond motifs is 6. The van der Waals surface area contributed by atoms with Gasteiger partial charge in [0.25, 0.3) is 0 Å². The van der Waals surface area contributed by atoms with Gasteiger partial charge < -0.3 is 19.0 Å². The molecule has 0 aliphatic heterocycles. The summed E-state index contributed by atoms with van der Waals surface area (Å²) < 4.78 is 17.7. The lowest BCUT2D eigenvalue weighted by Gasteiger charge is -2.58. The van der Waals surface area contributed by atoms with Crippen LogP contribution < -0.4 is 10.2 Å². The lowest BCUT2D eigenvalue weighted by Crippen LogP contribution is -2.51. The zero-order valence-electron chi connectivity index (χ0n) is 30.7. The molecule has 7 rings (SSSR count). The van der Waals surface area contributed by atoms with Gasteiger partial charge in [0.2, 0.25) is 0 Å². The van der Waals surface area contributed by atoms with Gasteiger partial charge in [-0.15, -0.1) is 0 Å². The van der Waals surface area contributed by atoms with Crippen LogP contribution in [0.5, 0.6) is 11.5 Å². The van der Waals surface area contributed by atoms with Gasteiger partial charge >= 0.3 is 5.97 Å². The molecule has 0 radical (unpaired) electrons. The van der Waals surface area contributed by atoms with Crippen LogP contribution in [0.2, 0.25) is 0 Å². The number of phenolic OH excluding ortho intramolecular Hbond substituents is 1. The van der Waals surface area contributed by atoms with E-state index in [9.17, 15) is 14.7 Å². The molecule has 1 aromatic heterocycles. The van der Waals surface area contributed by atoms with Crippen LogP contribution in [-0.2, 0) is 9.53 Å². The Bertz CT molecular complexity index is 1790. The Hall–Kier alpha value is -3.54. The van der Waals surface area contributed by atoms with Crippen molar-refractivity contribution in [1.82, 2.24) is 0 Å². The number of aromatic hydroxyl groups is 1. The summed E-state index contributed by atoms with van der Waals surface area (Å²) in [6.07, 6.45) is 15.8. The number of phenols is 1. The third-order valence-electron chi connectivity index (χ3n) is 13.8. The van der Waals surface area contributed by atoms with Crippen molar-refractivity contribution < 1.29 is 23.8 Å². The van der Waals surface area contributed by atoms with E-state index in [0.717, 1.165) is 60.3 Å². The Morgan fingerprint density at radius 1 is 0.980 bits per heavy atom. The molecule has 268 valence electrons. The predicted octanol–water partition coefficient (Wildman–Crippen LogP) is 10.5. The normalized spacial score (nSPS) is 31.0. The van der Waals surface area contributed by atoms with Crippen LogP contribution in [0.4, 0.5) is 0 Å². The summed E-state index contributed by atoms with van der Waals surface area (Å²) in [6, 6.07) is 13.6. The van der Waals surface area contributed by atoms with Crippen LogP contribution >= 0.6 is 0 Å². The molecule has 1 heterocycles. The number of esters is 1.